The molecule has 0 spiro atoms. The van der Waals surface area contributed by atoms with Gasteiger partial charge < -0.3 is 4.74 Å². The maximum absolute atomic E-state index is 12.8. The van der Waals surface area contributed by atoms with Gasteiger partial charge in [0.1, 0.15) is 5.75 Å². The molecule has 2 heterocycles. The fraction of sp³-hybridized carbons (Fsp3) is 0.167. The predicted octanol–water partition coefficient (Wildman–Crippen LogP) is 4.46. The summed E-state index contributed by atoms with van der Waals surface area (Å²) in [6.45, 7) is 0.773. The van der Waals surface area contributed by atoms with Crippen molar-refractivity contribution < 1.29 is 9.53 Å². The van der Waals surface area contributed by atoms with Gasteiger partial charge in [-0.15, -0.1) is 11.3 Å². The van der Waals surface area contributed by atoms with Crippen molar-refractivity contribution in [2.24, 2.45) is 0 Å². The molecule has 0 amide bonds. The smallest absolute Gasteiger partial charge is 0.194 e. The minimum atomic E-state index is 0.0980. The molecule has 0 atom stereocenters. The molecule has 0 saturated carbocycles. The summed E-state index contributed by atoms with van der Waals surface area (Å²) in [5.74, 6) is 1.02. The second kappa shape index (κ2) is 5.01. The van der Waals surface area contributed by atoms with Crippen LogP contribution in [0.25, 0.3) is 10.1 Å². The summed E-state index contributed by atoms with van der Waals surface area (Å²) in [5.41, 5.74) is 2.70. The molecule has 2 aromatic carbocycles. The van der Waals surface area contributed by atoms with Crippen molar-refractivity contribution in [1.82, 2.24) is 0 Å². The molecule has 104 valence electrons. The summed E-state index contributed by atoms with van der Waals surface area (Å²) in [5, 5.41) is 3.00. The highest BCUT2D eigenvalue weighted by molar-refractivity contribution is 7.17. The van der Waals surface area contributed by atoms with Gasteiger partial charge in [-0.3, -0.25) is 4.79 Å². The molecule has 1 aliphatic rings. The SMILES string of the molecule is O=C(c1ccc2c(c1)CCCO2)c1csc2ccccc12. The number of carbonyl (C=O) groups excluding carboxylic acids is 1. The van der Waals surface area contributed by atoms with Gasteiger partial charge in [-0.1, -0.05) is 18.2 Å². The minimum absolute atomic E-state index is 0.0980. The minimum Gasteiger partial charge on any atom is -0.493 e. The van der Waals surface area contributed by atoms with E-state index in [0.29, 0.717) is 0 Å². The van der Waals surface area contributed by atoms with Crippen molar-refractivity contribution in [3.05, 3.63) is 64.5 Å². The molecule has 0 bridgehead atoms. The first-order chi connectivity index (χ1) is 10.3. The van der Waals surface area contributed by atoms with Gasteiger partial charge >= 0.3 is 0 Å². The van der Waals surface area contributed by atoms with Crippen molar-refractivity contribution >= 4 is 27.2 Å². The third kappa shape index (κ3) is 2.14. The quantitative estimate of drug-likeness (QED) is 0.652. The number of carbonyl (C=O) groups is 1. The molecular formula is C18H14O2S. The first-order valence-corrected chi connectivity index (χ1v) is 7.97. The number of benzene rings is 2. The monoisotopic (exact) mass is 294 g/mol. The molecule has 1 aliphatic heterocycles. The summed E-state index contributed by atoms with van der Waals surface area (Å²) in [6.07, 6.45) is 2.01. The highest BCUT2D eigenvalue weighted by Gasteiger charge is 2.17. The Kier molecular flexibility index (Phi) is 3.00. The lowest BCUT2D eigenvalue weighted by Gasteiger charge is -2.17. The number of hydrogen-bond donors (Lipinski definition) is 0. The molecule has 21 heavy (non-hydrogen) atoms. The van der Waals surface area contributed by atoms with Gasteiger partial charge in [0, 0.05) is 26.6 Å². The zero-order chi connectivity index (χ0) is 14.2. The number of hydrogen-bond acceptors (Lipinski definition) is 3. The zero-order valence-corrected chi connectivity index (χ0v) is 12.3. The van der Waals surface area contributed by atoms with E-state index in [-0.39, 0.29) is 5.78 Å². The van der Waals surface area contributed by atoms with E-state index in [4.69, 9.17) is 4.74 Å². The maximum atomic E-state index is 12.8. The number of rotatable bonds is 2. The number of fused-ring (bicyclic) bond motifs is 2. The number of ether oxygens (including phenoxy) is 1. The van der Waals surface area contributed by atoms with Crippen LogP contribution < -0.4 is 4.74 Å². The van der Waals surface area contributed by atoms with Crippen molar-refractivity contribution in [3.8, 4) is 5.75 Å². The van der Waals surface area contributed by atoms with Crippen molar-refractivity contribution in [2.75, 3.05) is 6.61 Å². The van der Waals surface area contributed by atoms with Crippen LogP contribution in [-0.4, -0.2) is 12.4 Å². The van der Waals surface area contributed by atoms with E-state index in [2.05, 4.69) is 6.07 Å². The van der Waals surface area contributed by atoms with E-state index in [1.54, 1.807) is 11.3 Å². The topological polar surface area (TPSA) is 26.3 Å². The lowest BCUT2D eigenvalue weighted by atomic mass is 9.98. The molecule has 0 unspecified atom stereocenters. The van der Waals surface area contributed by atoms with Crippen molar-refractivity contribution in [3.63, 3.8) is 0 Å². The van der Waals surface area contributed by atoms with Gasteiger partial charge in [0.05, 0.1) is 6.61 Å². The van der Waals surface area contributed by atoms with Gasteiger partial charge in [0.25, 0.3) is 0 Å². The molecule has 0 N–H and O–H groups in total. The Balaban J connectivity index is 1.77. The Morgan fingerprint density at radius 3 is 3.00 bits per heavy atom. The largest absolute Gasteiger partial charge is 0.493 e. The molecule has 2 nitrogen and oxygen atoms in total. The van der Waals surface area contributed by atoms with E-state index in [1.165, 1.54) is 0 Å². The van der Waals surface area contributed by atoms with E-state index < -0.39 is 0 Å². The van der Waals surface area contributed by atoms with E-state index in [1.807, 2.05) is 41.8 Å². The van der Waals surface area contributed by atoms with Crippen LogP contribution in [0.4, 0.5) is 0 Å². The van der Waals surface area contributed by atoms with Gasteiger partial charge in [0.2, 0.25) is 0 Å². The van der Waals surface area contributed by atoms with Crippen molar-refractivity contribution in [1.29, 1.82) is 0 Å². The van der Waals surface area contributed by atoms with Crippen LogP contribution in [0.3, 0.4) is 0 Å². The van der Waals surface area contributed by atoms with Crippen LogP contribution in [-0.2, 0) is 6.42 Å². The van der Waals surface area contributed by atoms with E-state index in [0.717, 1.165) is 52.0 Å². The maximum Gasteiger partial charge on any atom is 0.194 e. The van der Waals surface area contributed by atoms with Crippen LogP contribution in [0.15, 0.2) is 47.8 Å². The van der Waals surface area contributed by atoms with Crippen LogP contribution in [0.2, 0.25) is 0 Å². The third-order valence-electron chi connectivity index (χ3n) is 3.90. The van der Waals surface area contributed by atoms with Gasteiger partial charge in [-0.2, -0.15) is 0 Å². The first-order valence-electron chi connectivity index (χ1n) is 7.09. The average molecular weight is 294 g/mol. The number of ketones is 1. The van der Waals surface area contributed by atoms with Gasteiger partial charge in [-0.05, 0) is 42.7 Å². The van der Waals surface area contributed by atoms with Crippen LogP contribution in [0, 0.1) is 0 Å². The number of thiophene rings is 1. The summed E-state index contributed by atoms with van der Waals surface area (Å²) in [7, 11) is 0. The molecule has 0 radical (unpaired) electrons. The second-order valence-electron chi connectivity index (χ2n) is 5.25. The summed E-state index contributed by atoms with van der Waals surface area (Å²) in [4.78, 5) is 12.8. The first kappa shape index (κ1) is 12.6. The van der Waals surface area contributed by atoms with E-state index in [9.17, 15) is 4.79 Å². The molecule has 0 fully saturated rings. The summed E-state index contributed by atoms with van der Waals surface area (Å²) in [6, 6.07) is 13.8. The predicted molar refractivity (Wildman–Crippen MR) is 85.5 cm³/mol. The Morgan fingerprint density at radius 1 is 1.14 bits per heavy atom. The summed E-state index contributed by atoms with van der Waals surface area (Å²) >= 11 is 1.62. The fourth-order valence-electron chi connectivity index (χ4n) is 2.81. The molecule has 1 aromatic heterocycles. The Labute approximate surface area is 127 Å². The molecular weight excluding hydrogens is 280 g/mol. The Morgan fingerprint density at radius 2 is 2.05 bits per heavy atom. The molecule has 0 saturated heterocycles. The normalized spacial score (nSPS) is 13.7. The second-order valence-corrected chi connectivity index (χ2v) is 6.16. The van der Waals surface area contributed by atoms with Crippen LogP contribution in [0.1, 0.15) is 27.9 Å². The standard InChI is InChI=1S/C18H14O2S/c19-18(15-11-21-17-6-2-1-5-14(15)17)13-7-8-16-12(10-13)4-3-9-20-16/h1-2,5-8,10-11H,3-4,9H2. The average Bonchev–Trinajstić information content (AvgIpc) is 2.98. The molecule has 0 aliphatic carbocycles. The molecule has 3 aromatic rings. The Hall–Kier alpha value is -2.13. The fourth-order valence-corrected chi connectivity index (χ4v) is 3.75. The van der Waals surface area contributed by atoms with Gasteiger partial charge in [-0.25, -0.2) is 0 Å². The Bertz CT molecular complexity index is 832. The lowest BCUT2D eigenvalue weighted by Crippen LogP contribution is -2.10. The van der Waals surface area contributed by atoms with E-state index >= 15 is 0 Å². The van der Waals surface area contributed by atoms with Gasteiger partial charge in [0.15, 0.2) is 5.78 Å². The highest BCUT2D eigenvalue weighted by Crippen LogP contribution is 2.30. The van der Waals surface area contributed by atoms with Crippen LogP contribution >= 0.6 is 11.3 Å². The van der Waals surface area contributed by atoms with Crippen LogP contribution in [0.5, 0.6) is 5.75 Å². The lowest BCUT2D eigenvalue weighted by molar-refractivity contribution is 0.104. The summed E-state index contributed by atoms with van der Waals surface area (Å²) < 4.78 is 6.76. The number of aryl methyl sites for hydroxylation is 1. The third-order valence-corrected chi connectivity index (χ3v) is 4.86. The molecule has 4 rings (SSSR count). The van der Waals surface area contributed by atoms with Crippen molar-refractivity contribution in [2.45, 2.75) is 12.8 Å². The molecule has 3 heteroatoms. The highest BCUT2D eigenvalue weighted by atomic mass is 32.1. The zero-order valence-electron chi connectivity index (χ0n) is 11.5.